The number of imidazole rings is 1. The summed E-state index contributed by atoms with van der Waals surface area (Å²) in [6.45, 7) is 3.38. The quantitative estimate of drug-likeness (QED) is 0.728. The van der Waals surface area contributed by atoms with Crippen molar-refractivity contribution in [2.75, 3.05) is 0 Å². The van der Waals surface area contributed by atoms with Crippen molar-refractivity contribution in [3.05, 3.63) is 36.4 Å². The van der Waals surface area contributed by atoms with Gasteiger partial charge in [0, 0.05) is 25.4 Å². The lowest BCUT2D eigenvalue weighted by Gasteiger charge is -2.18. The van der Waals surface area contributed by atoms with Crippen LogP contribution in [0.2, 0.25) is 0 Å². The molecule has 3 heterocycles. The van der Waals surface area contributed by atoms with Crippen molar-refractivity contribution in [1.82, 2.24) is 14.5 Å². The van der Waals surface area contributed by atoms with Crippen LogP contribution in [-0.4, -0.2) is 14.5 Å². The second kappa shape index (κ2) is 3.74. The van der Waals surface area contributed by atoms with E-state index >= 15 is 0 Å². The van der Waals surface area contributed by atoms with Crippen LogP contribution in [0.25, 0.3) is 11.4 Å². The zero-order chi connectivity index (χ0) is 11.0. The van der Waals surface area contributed by atoms with Crippen molar-refractivity contribution in [3.63, 3.8) is 0 Å². The summed E-state index contributed by atoms with van der Waals surface area (Å²) in [7, 11) is 0. The Morgan fingerprint density at radius 3 is 3.06 bits per heavy atom. The van der Waals surface area contributed by atoms with E-state index in [9.17, 15) is 0 Å². The Hall–Kier alpha value is -1.64. The Morgan fingerprint density at radius 2 is 2.25 bits per heavy atom. The summed E-state index contributed by atoms with van der Waals surface area (Å²) >= 11 is 0. The topological polar surface area (TPSA) is 30.7 Å². The van der Waals surface area contributed by atoms with Crippen molar-refractivity contribution in [2.45, 2.75) is 26.3 Å². The molecule has 0 aliphatic carbocycles. The Bertz CT molecular complexity index is 487. The van der Waals surface area contributed by atoms with Crippen LogP contribution in [0.5, 0.6) is 0 Å². The van der Waals surface area contributed by atoms with Crippen LogP contribution in [0.3, 0.4) is 0 Å². The van der Waals surface area contributed by atoms with E-state index in [-0.39, 0.29) is 0 Å². The molecule has 3 heteroatoms. The third-order valence-electron chi connectivity index (χ3n) is 3.18. The van der Waals surface area contributed by atoms with Gasteiger partial charge >= 0.3 is 0 Å². The first-order valence-corrected chi connectivity index (χ1v) is 5.80. The Balaban J connectivity index is 1.99. The monoisotopic (exact) mass is 213 g/mol. The molecular weight excluding hydrogens is 198 g/mol. The second-order valence-corrected chi connectivity index (χ2v) is 4.55. The molecule has 0 unspecified atom stereocenters. The van der Waals surface area contributed by atoms with E-state index in [0.29, 0.717) is 0 Å². The van der Waals surface area contributed by atoms with E-state index in [1.54, 1.807) is 0 Å². The average molecular weight is 213 g/mol. The van der Waals surface area contributed by atoms with Gasteiger partial charge in [-0.3, -0.25) is 4.98 Å². The maximum atomic E-state index is 4.67. The van der Waals surface area contributed by atoms with E-state index < -0.39 is 0 Å². The summed E-state index contributed by atoms with van der Waals surface area (Å²) in [4.78, 5) is 9.01. The van der Waals surface area contributed by atoms with Crippen LogP contribution in [0.15, 0.2) is 30.6 Å². The number of nitrogens with zero attached hydrogens (tertiary/aromatic N) is 3. The van der Waals surface area contributed by atoms with Gasteiger partial charge in [0.05, 0.1) is 5.69 Å². The largest absolute Gasteiger partial charge is 0.334 e. The predicted molar refractivity (Wildman–Crippen MR) is 62.9 cm³/mol. The lowest BCUT2D eigenvalue weighted by Crippen LogP contribution is -2.16. The number of aromatic nitrogens is 3. The minimum Gasteiger partial charge on any atom is -0.334 e. The van der Waals surface area contributed by atoms with E-state index in [0.717, 1.165) is 30.3 Å². The van der Waals surface area contributed by atoms with Gasteiger partial charge in [0.25, 0.3) is 0 Å². The first-order chi connectivity index (χ1) is 7.83. The predicted octanol–water partition coefficient (Wildman–Crippen LogP) is 2.53. The SMILES string of the molecule is C[C@H]1CCn2cc(-c3ccccn3)nc2C1. The fourth-order valence-corrected chi connectivity index (χ4v) is 2.22. The molecule has 0 bridgehead atoms. The molecule has 0 fully saturated rings. The van der Waals surface area contributed by atoms with Gasteiger partial charge in [-0.1, -0.05) is 13.0 Å². The van der Waals surface area contributed by atoms with Crippen molar-refractivity contribution in [1.29, 1.82) is 0 Å². The number of fused-ring (bicyclic) bond motifs is 1. The van der Waals surface area contributed by atoms with E-state index in [1.165, 1.54) is 12.2 Å². The Kier molecular flexibility index (Phi) is 2.24. The van der Waals surface area contributed by atoms with E-state index in [1.807, 2.05) is 24.4 Å². The molecule has 3 nitrogen and oxygen atoms in total. The smallest absolute Gasteiger partial charge is 0.109 e. The maximum absolute atomic E-state index is 4.67. The highest BCUT2D eigenvalue weighted by Gasteiger charge is 2.17. The number of aryl methyl sites for hydroxylation is 1. The van der Waals surface area contributed by atoms with Gasteiger partial charge < -0.3 is 4.57 Å². The van der Waals surface area contributed by atoms with E-state index in [4.69, 9.17) is 0 Å². The number of pyridine rings is 1. The zero-order valence-electron chi connectivity index (χ0n) is 9.43. The van der Waals surface area contributed by atoms with Gasteiger partial charge in [-0.15, -0.1) is 0 Å². The first kappa shape index (κ1) is 9.58. The highest BCUT2D eigenvalue weighted by Crippen LogP contribution is 2.23. The summed E-state index contributed by atoms with van der Waals surface area (Å²) in [5, 5.41) is 0. The summed E-state index contributed by atoms with van der Waals surface area (Å²) in [5.74, 6) is 1.96. The molecular formula is C13H15N3. The number of hydrogen-bond acceptors (Lipinski definition) is 2. The summed E-state index contributed by atoms with van der Waals surface area (Å²) in [6, 6.07) is 5.95. The number of rotatable bonds is 1. The van der Waals surface area contributed by atoms with Crippen LogP contribution in [0.1, 0.15) is 19.2 Å². The van der Waals surface area contributed by atoms with Crippen LogP contribution >= 0.6 is 0 Å². The van der Waals surface area contributed by atoms with Crippen molar-refractivity contribution < 1.29 is 0 Å². The first-order valence-electron chi connectivity index (χ1n) is 5.80. The van der Waals surface area contributed by atoms with Crippen molar-refractivity contribution >= 4 is 0 Å². The lowest BCUT2D eigenvalue weighted by molar-refractivity contribution is 0.409. The lowest BCUT2D eigenvalue weighted by atomic mass is 10.0. The highest BCUT2D eigenvalue weighted by atomic mass is 15.1. The molecule has 1 aliphatic heterocycles. The molecule has 0 saturated heterocycles. The molecule has 0 N–H and O–H groups in total. The van der Waals surface area contributed by atoms with Gasteiger partial charge in [-0.25, -0.2) is 4.98 Å². The van der Waals surface area contributed by atoms with Gasteiger partial charge in [-0.2, -0.15) is 0 Å². The molecule has 0 radical (unpaired) electrons. The van der Waals surface area contributed by atoms with Crippen molar-refractivity contribution in [3.8, 4) is 11.4 Å². The molecule has 82 valence electrons. The van der Waals surface area contributed by atoms with Crippen LogP contribution in [-0.2, 0) is 13.0 Å². The summed E-state index contributed by atoms with van der Waals surface area (Å²) in [6.07, 6.45) is 6.29. The molecule has 2 aromatic heterocycles. The third kappa shape index (κ3) is 1.62. The van der Waals surface area contributed by atoms with Gasteiger partial charge in [0.1, 0.15) is 11.5 Å². The minimum absolute atomic E-state index is 0.756. The normalized spacial score (nSPS) is 19.4. The molecule has 16 heavy (non-hydrogen) atoms. The maximum Gasteiger partial charge on any atom is 0.109 e. The highest BCUT2D eigenvalue weighted by molar-refractivity contribution is 5.53. The van der Waals surface area contributed by atoms with Crippen molar-refractivity contribution in [2.24, 2.45) is 5.92 Å². The van der Waals surface area contributed by atoms with Crippen LogP contribution in [0.4, 0.5) is 0 Å². The van der Waals surface area contributed by atoms with Crippen LogP contribution in [0, 0.1) is 5.92 Å². The average Bonchev–Trinajstić information content (AvgIpc) is 2.73. The zero-order valence-corrected chi connectivity index (χ0v) is 9.43. The number of hydrogen-bond donors (Lipinski definition) is 0. The second-order valence-electron chi connectivity index (χ2n) is 4.55. The molecule has 2 aromatic rings. The summed E-state index contributed by atoms with van der Waals surface area (Å²) < 4.78 is 2.27. The molecule has 0 amide bonds. The minimum atomic E-state index is 0.756. The van der Waals surface area contributed by atoms with Gasteiger partial charge in [-0.05, 0) is 24.5 Å². The molecule has 3 rings (SSSR count). The Labute approximate surface area is 95.2 Å². The standard InChI is InChI=1S/C13H15N3/c1-10-5-7-16-9-12(15-13(16)8-10)11-4-2-3-6-14-11/h2-4,6,9-10H,5,7-8H2,1H3/t10-/m0/s1. The molecule has 1 aliphatic rings. The van der Waals surface area contributed by atoms with Gasteiger partial charge in [0.2, 0.25) is 0 Å². The van der Waals surface area contributed by atoms with Crippen LogP contribution < -0.4 is 0 Å². The third-order valence-corrected chi connectivity index (χ3v) is 3.18. The van der Waals surface area contributed by atoms with Gasteiger partial charge in [0.15, 0.2) is 0 Å². The fraction of sp³-hybridized carbons (Fsp3) is 0.385. The molecule has 0 saturated carbocycles. The summed E-state index contributed by atoms with van der Waals surface area (Å²) in [5.41, 5.74) is 1.97. The van der Waals surface area contributed by atoms with E-state index in [2.05, 4.69) is 27.7 Å². The fourth-order valence-electron chi connectivity index (χ4n) is 2.22. The molecule has 0 spiro atoms. The molecule has 1 atom stereocenters. The molecule has 0 aromatic carbocycles. The Morgan fingerprint density at radius 1 is 1.31 bits per heavy atom.